The Labute approximate surface area is 125 Å². The van der Waals surface area contributed by atoms with Gasteiger partial charge in [-0.3, -0.25) is 4.79 Å². The minimum Gasteiger partial charge on any atom is -0.351 e. The second kappa shape index (κ2) is 5.32. The number of halogens is 1. The zero-order valence-electron chi connectivity index (χ0n) is 10.4. The number of aromatic amines is 1. The van der Waals surface area contributed by atoms with E-state index in [-0.39, 0.29) is 5.56 Å². The van der Waals surface area contributed by atoms with Gasteiger partial charge < -0.3 is 9.88 Å². The van der Waals surface area contributed by atoms with Crippen molar-refractivity contribution >= 4 is 28.4 Å². The predicted molar refractivity (Wildman–Crippen MR) is 83.4 cm³/mol. The largest absolute Gasteiger partial charge is 0.351 e. The van der Waals surface area contributed by atoms with Gasteiger partial charge >= 0.3 is 0 Å². The van der Waals surface area contributed by atoms with Gasteiger partial charge in [0.15, 0.2) is 0 Å². The summed E-state index contributed by atoms with van der Waals surface area (Å²) in [6, 6.07) is 8.50. The van der Waals surface area contributed by atoms with Gasteiger partial charge in [-0.25, -0.2) is 4.98 Å². The van der Waals surface area contributed by atoms with Crippen LogP contribution in [0.2, 0.25) is 0 Å². The van der Waals surface area contributed by atoms with Gasteiger partial charge in [-0.2, -0.15) is 0 Å². The third-order valence-electron chi connectivity index (χ3n) is 3.43. The highest BCUT2D eigenvalue weighted by molar-refractivity contribution is 14.1. The molecule has 0 saturated carbocycles. The molecule has 5 heteroatoms. The highest BCUT2D eigenvalue weighted by Crippen LogP contribution is 2.24. The van der Waals surface area contributed by atoms with Crippen molar-refractivity contribution in [1.82, 2.24) is 9.97 Å². The number of benzene rings is 1. The minimum absolute atomic E-state index is 0.0665. The van der Waals surface area contributed by atoms with Gasteiger partial charge in [0.1, 0.15) is 9.39 Å². The number of anilines is 1. The average Bonchev–Trinajstić information content (AvgIpc) is 2.64. The van der Waals surface area contributed by atoms with Gasteiger partial charge in [-0.1, -0.05) is 24.3 Å². The van der Waals surface area contributed by atoms with Crippen LogP contribution in [0.15, 0.2) is 35.4 Å². The molecule has 4 nitrogen and oxygen atoms in total. The molecule has 0 aliphatic carbocycles. The van der Waals surface area contributed by atoms with Gasteiger partial charge in [-0.05, 0) is 46.6 Å². The molecule has 1 aromatic carbocycles. The van der Waals surface area contributed by atoms with E-state index in [1.807, 2.05) is 0 Å². The van der Waals surface area contributed by atoms with Crippen molar-refractivity contribution in [2.45, 2.75) is 19.4 Å². The van der Waals surface area contributed by atoms with Crippen molar-refractivity contribution in [3.8, 4) is 0 Å². The molecular formula is C14H14IN3O. The Balaban J connectivity index is 1.99. The van der Waals surface area contributed by atoms with Gasteiger partial charge in [0, 0.05) is 13.1 Å². The standard InChI is InChI=1S/C14H14IN3O/c15-12-13(16-9-17-14(12)19)18-7-3-6-10-4-1-2-5-11(10)8-18/h1-2,4-5,9H,3,6-8H2,(H,16,17,19). The monoisotopic (exact) mass is 367 g/mol. The van der Waals surface area contributed by atoms with E-state index in [0.717, 1.165) is 31.7 Å². The minimum atomic E-state index is -0.0665. The molecule has 1 N–H and O–H groups in total. The number of nitrogens with zero attached hydrogens (tertiary/aromatic N) is 2. The molecule has 0 unspecified atom stereocenters. The summed E-state index contributed by atoms with van der Waals surface area (Å²) in [5, 5.41) is 0. The van der Waals surface area contributed by atoms with E-state index in [1.165, 1.54) is 17.5 Å². The third kappa shape index (κ3) is 2.51. The second-order valence-corrected chi connectivity index (χ2v) is 5.74. The van der Waals surface area contributed by atoms with E-state index in [0.29, 0.717) is 3.57 Å². The number of aromatic nitrogens is 2. The van der Waals surface area contributed by atoms with Crippen LogP contribution in [-0.4, -0.2) is 16.5 Å². The Morgan fingerprint density at radius 1 is 1.26 bits per heavy atom. The highest BCUT2D eigenvalue weighted by atomic mass is 127. The molecule has 1 aliphatic rings. The Bertz CT molecular complexity index is 653. The first-order valence-corrected chi connectivity index (χ1v) is 7.38. The molecule has 0 spiro atoms. The molecule has 0 saturated heterocycles. The van der Waals surface area contributed by atoms with Crippen molar-refractivity contribution in [3.05, 3.63) is 55.6 Å². The molecule has 1 aliphatic heterocycles. The van der Waals surface area contributed by atoms with Crippen LogP contribution in [-0.2, 0) is 13.0 Å². The quantitative estimate of drug-likeness (QED) is 0.788. The normalized spacial score (nSPS) is 14.9. The highest BCUT2D eigenvalue weighted by Gasteiger charge is 2.18. The number of rotatable bonds is 1. The summed E-state index contributed by atoms with van der Waals surface area (Å²) in [5.41, 5.74) is 2.67. The van der Waals surface area contributed by atoms with Crippen LogP contribution in [0, 0.1) is 3.57 Å². The molecule has 1 aromatic heterocycles. The zero-order chi connectivity index (χ0) is 13.2. The van der Waals surface area contributed by atoms with Crippen LogP contribution in [0.5, 0.6) is 0 Å². The summed E-state index contributed by atoms with van der Waals surface area (Å²) in [6.45, 7) is 1.75. The zero-order valence-corrected chi connectivity index (χ0v) is 12.6. The van der Waals surface area contributed by atoms with Gasteiger partial charge in [0.05, 0.1) is 6.33 Å². The molecule has 0 fully saturated rings. The summed E-state index contributed by atoms with van der Waals surface area (Å²) in [4.78, 5) is 20.8. The number of aryl methyl sites for hydroxylation is 1. The van der Waals surface area contributed by atoms with Crippen LogP contribution in [0.25, 0.3) is 0 Å². The maximum absolute atomic E-state index is 11.7. The smallest absolute Gasteiger partial charge is 0.266 e. The Kier molecular flexibility index (Phi) is 3.54. The molecular weight excluding hydrogens is 353 g/mol. The van der Waals surface area contributed by atoms with E-state index in [1.54, 1.807) is 0 Å². The summed E-state index contributed by atoms with van der Waals surface area (Å²) in [5.74, 6) is 0.793. The van der Waals surface area contributed by atoms with E-state index >= 15 is 0 Å². The summed E-state index contributed by atoms with van der Waals surface area (Å²) in [6.07, 6.45) is 3.66. The summed E-state index contributed by atoms with van der Waals surface area (Å²) in [7, 11) is 0. The first kappa shape index (κ1) is 12.7. The topological polar surface area (TPSA) is 49.0 Å². The molecule has 3 rings (SSSR count). The summed E-state index contributed by atoms with van der Waals surface area (Å²) < 4.78 is 0.666. The van der Waals surface area contributed by atoms with Crippen LogP contribution < -0.4 is 10.5 Å². The van der Waals surface area contributed by atoms with Crippen molar-refractivity contribution in [1.29, 1.82) is 0 Å². The number of hydrogen-bond acceptors (Lipinski definition) is 3. The number of nitrogens with one attached hydrogen (secondary N) is 1. The number of H-pyrrole nitrogens is 1. The lowest BCUT2D eigenvalue weighted by atomic mass is 10.0. The van der Waals surface area contributed by atoms with Crippen LogP contribution in [0.1, 0.15) is 17.5 Å². The number of hydrogen-bond donors (Lipinski definition) is 1. The lowest BCUT2D eigenvalue weighted by molar-refractivity contribution is 0.749. The fourth-order valence-corrected chi connectivity index (χ4v) is 3.11. The van der Waals surface area contributed by atoms with Gasteiger partial charge in [0.25, 0.3) is 5.56 Å². The first-order chi connectivity index (χ1) is 9.25. The molecule has 0 atom stereocenters. The van der Waals surface area contributed by atoms with Crippen LogP contribution >= 0.6 is 22.6 Å². The van der Waals surface area contributed by atoms with E-state index in [9.17, 15) is 4.79 Å². The fraction of sp³-hybridized carbons (Fsp3) is 0.286. The first-order valence-electron chi connectivity index (χ1n) is 6.30. The van der Waals surface area contributed by atoms with Gasteiger partial charge in [0.2, 0.25) is 0 Å². The predicted octanol–water partition coefficient (Wildman–Crippen LogP) is 2.33. The van der Waals surface area contributed by atoms with Crippen molar-refractivity contribution in [2.24, 2.45) is 0 Å². The average molecular weight is 367 g/mol. The lowest BCUT2D eigenvalue weighted by Crippen LogP contribution is -2.27. The van der Waals surface area contributed by atoms with E-state index < -0.39 is 0 Å². The third-order valence-corrected chi connectivity index (χ3v) is 4.40. The molecule has 19 heavy (non-hydrogen) atoms. The number of fused-ring (bicyclic) bond motifs is 1. The van der Waals surface area contributed by atoms with E-state index in [2.05, 4.69) is 61.7 Å². The maximum atomic E-state index is 11.7. The Morgan fingerprint density at radius 3 is 2.89 bits per heavy atom. The maximum Gasteiger partial charge on any atom is 0.266 e. The van der Waals surface area contributed by atoms with Crippen molar-refractivity contribution < 1.29 is 0 Å². The fourth-order valence-electron chi connectivity index (χ4n) is 2.48. The van der Waals surface area contributed by atoms with Gasteiger partial charge in [-0.15, -0.1) is 0 Å². The molecule has 2 aromatic rings. The molecule has 98 valence electrons. The Morgan fingerprint density at radius 2 is 2.05 bits per heavy atom. The second-order valence-electron chi connectivity index (χ2n) is 4.66. The molecule has 2 heterocycles. The van der Waals surface area contributed by atoms with Crippen molar-refractivity contribution in [2.75, 3.05) is 11.4 Å². The molecule has 0 radical (unpaired) electrons. The molecule has 0 amide bonds. The Hall–Kier alpha value is -1.37. The van der Waals surface area contributed by atoms with Crippen molar-refractivity contribution in [3.63, 3.8) is 0 Å². The van der Waals surface area contributed by atoms with Crippen LogP contribution in [0.4, 0.5) is 5.82 Å². The van der Waals surface area contributed by atoms with E-state index in [4.69, 9.17) is 0 Å². The summed E-state index contributed by atoms with van der Waals surface area (Å²) >= 11 is 2.07. The SMILES string of the molecule is O=c1[nH]cnc(N2CCCc3ccccc3C2)c1I. The lowest BCUT2D eigenvalue weighted by Gasteiger charge is -2.22. The van der Waals surface area contributed by atoms with Crippen LogP contribution in [0.3, 0.4) is 0 Å². The molecule has 0 bridgehead atoms.